The molecule has 2 aromatic carbocycles. The molecule has 0 saturated carbocycles. The van der Waals surface area contributed by atoms with Crippen molar-refractivity contribution in [2.24, 2.45) is 0 Å². The summed E-state index contributed by atoms with van der Waals surface area (Å²) in [7, 11) is 1.30. The Labute approximate surface area is 135 Å². The highest BCUT2D eigenvalue weighted by molar-refractivity contribution is 9.10. The molecule has 108 valence electrons. The standard InChI is InChI=1S/C15H11BrClNO3/c1-21-15(20)10-3-2-4-11(7-10)18-14(19)9-5-6-12(16)13(17)8-9/h2-8H,1H3,(H,18,19). The summed E-state index contributed by atoms with van der Waals surface area (Å²) in [6.45, 7) is 0. The first-order valence-corrected chi connectivity index (χ1v) is 7.13. The normalized spacial score (nSPS) is 10.0. The number of benzene rings is 2. The Bertz CT molecular complexity index is 703. The molecule has 0 heterocycles. The van der Waals surface area contributed by atoms with E-state index < -0.39 is 5.97 Å². The molecular weight excluding hydrogens is 358 g/mol. The van der Waals surface area contributed by atoms with E-state index in [9.17, 15) is 9.59 Å². The van der Waals surface area contributed by atoms with Gasteiger partial charge in [0, 0.05) is 15.7 Å². The molecule has 0 unspecified atom stereocenters. The van der Waals surface area contributed by atoms with Crippen molar-refractivity contribution in [1.29, 1.82) is 0 Å². The zero-order valence-corrected chi connectivity index (χ0v) is 13.4. The van der Waals surface area contributed by atoms with E-state index in [2.05, 4.69) is 26.0 Å². The van der Waals surface area contributed by atoms with Crippen molar-refractivity contribution in [3.8, 4) is 0 Å². The second-order valence-electron chi connectivity index (χ2n) is 4.16. The quantitative estimate of drug-likeness (QED) is 0.828. The Morgan fingerprint density at radius 2 is 1.90 bits per heavy atom. The summed E-state index contributed by atoms with van der Waals surface area (Å²) in [6, 6.07) is 11.4. The number of halogens is 2. The summed E-state index contributed by atoms with van der Waals surface area (Å²) in [5, 5.41) is 3.15. The van der Waals surface area contributed by atoms with Crippen LogP contribution < -0.4 is 5.32 Å². The Morgan fingerprint density at radius 1 is 1.14 bits per heavy atom. The van der Waals surface area contributed by atoms with Crippen molar-refractivity contribution in [2.45, 2.75) is 0 Å². The first kappa shape index (κ1) is 15.5. The highest BCUT2D eigenvalue weighted by Gasteiger charge is 2.10. The van der Waals surface area contributed by atoms with Crippen molar-refractivity contribution < 1.29 is 14.3 Å². The second kappa shape index (κ2) is 6.74. The van der Waals surface area contributed by atoms with Crippen LogP contribution in [0.1, 0.15) is 20.7 Å². The monoisotopic (exact) mass is 367 g/mol. The third-order valence-corrected chi connectivity index (χ3v) is 3.96. The Kier molecular flexibility index (Phi) is 4.98. The Morgan fingerprint density at radius 3 is 2.57 bits per heavy atom. The minimum absolute atomic E-state index is 0.314. The van der Waals surface area contributed by atoms with Crippen LogP contribution >= 0.6 is 27.5 Å². The fraction of sp³-hybridized carbons (Fsp3) is 0.0667. The van der Waals surface area contributed by atoms with Crippen molar-refractivity contribution in [2.75, 3.05) is 12.4 Å². The van der Waals surface area contributed by atoms with Gasteiger partial charge < -0.3 is 10.1 Å². The number of hydrogen-bond donors (Lipinski definition) is 1. The van der Waals surface area contributed by atoms with Gasteiger partial charge in [0.25, 0.3) is 5.91 Å². The molecular formula is C15H11BrClNO3. The van der Waals surface area contributed by atoms with E-state index in [1.165, 1.54) is 7.11 Å². The Balaban J connectivity index is 2.19. The molecule has 4 nitrogen and oxygen atoms in total. The Hall–Kier alpha value is -1.85. The number of amides is 1. The van der Waals surface area contributed by atoms with Gasteiger partial charge in [-0.05, 0) is 52.3 Å². The van der Waals surface area contributed by atoms with Gasteiger partial charge in [0.15, 0.2) is 0 Å². The zero-order valence-electron chi connectivity index (χ0n) is 11.0. The molecule has 0 saturated heterocycles. The number of anilines is 1. The van der Waals surface area contributed by atoms with Crippen molar-refractivity contribution in [1.82, 2.24) is 0 Å². The number of carbonyl (C=O) groups is 2. The predicted molar refractivity (Wildman–Crippen MR) is 84.9 cm³/mol. The van der Waals surface area contributed by atoms with Crippen LogP contribution in [0.4, 0.5) is 5.69 Å². The van der Waals surface area contributed by atoms with Gasteiger partial charge in [-0.3, -0.25) is 4.79 Å². The lowest BCUT2D eigenvalue weighted by atomic mass is 10.1. The fourth-order valence-corrected chi connectivity index (χ4v) is 2.11. The van der Waals surface area contributed by atoms with Gasteiger partial charge in [0.2, 0.25) is 0 Å². The van der Waals surface area contributed by atoms with Crippen LogP contribution in [0.15, 0.2) is 46.9 Å². The molecule has 0 aromatic heterocycles. The van der Waals surface area contributed by atoms with Crippen LogP contribution in [0.25, 0.3) is 0 Å². The lowest BCUT2D eigenvalue weighted by Gasteiger charge is -2.07. The highest BCUT2D eigenvalue weighted by atomic mass is 79.9. The largest absolute Gasteiger partial charge is 0.465 e. The summed E-state index contributed by atoms with van der Waals surface area (Å²) in [4.78, 5) is 23.6. The van der Waals surface area contributed by atoms with Gasteiger partial charge in [-0.25, -0.2) is 4.79 Å². The topological polar surface area (TPSA) is 55.4 Å². The average molecular weight is 369 g/mol. The molecule has 0 atom stereocenters. The van der Waals surface area contributed by atoms with Gasteiger partial charge in [0.1, 0.15) is 0 Å². The number of nitrogens with one attached hydrogen (secondary N) is 1. The smallest absolute Gasteiger partial charge is 0.337 e. The molecule has 0 radical (unpaired) electrons. The molecule has 6 heteroatoms. The number of ether oxygens (including phenoxy) is 1. The van der Waals surface area contributed by atoms with Gasteiger partial charge in [-0.15, -0.1) is 0 Å². The number of rotatable bonds is 3. The van der Waals surface area contributed by atoms with E-state index in [1.54, 1.807) is 42.5 Å². The summed E-state index contributed by atoms with van der Waals surface area (Å²) >= 11 is 9.22. The second-order valence-corrected chi connectivity index (χ2v) is 5.42. The van der Waals surface area contributed by atoms with Gasteiger partial charge in [-0.1, -0.05) is 17.7 Å². The highest BCUT2D eigenvalue weighted by Crippen LogP contribution is 2.23. The van der Waals surface area contributed by atoms with E-state index in [1.807, 2.05) is 0 Å². The molecule has 0 fully saturated rings. The maximum absolute atomic E-state index is 12.1. The molecule has 0 aliphatic heterocycles. The van der Waals surface area contributed by atoms with E-state index in [0.717, 1.165) is 0 Å². The molecule has 0 spiro atoms. The summed E-state index contributed by atoms with van der Waals surface area (Å²) in [6.07, 6.45) is 0. The van der Waals surface area contributed by atoms with Crippen LogP contribution in [-0.2, 0) is 4.74 Å². The third kappa shape index (κ3) is 3.83. The van der Waals surface area contributed by atoms with Crippen molar-refractivity contribution >= 4 is 45.1 Å². The molecule has 21 heavy (non-hydrogen) atoms. The lowest BCUT2D eigenvalue weighted by molar-refractivity contribution is 0.0600. The van der Waals surface area contributed by atoms with Gasteiger partial charge in [-0.2, -0.15) is 0 Å². The lowest BCUT2D eigenvalue weighted by Crippen LogP contribution is -2.12. The van der Waals surface area contributed by atoms with E-state index >= 15 is 0 Å². The van der Waals surface area contributed by atoms with Gasteiger partial charge in [0.05, 0.1) is 17.7 Å². The van der Waals surface area contributed by atoms with Crippen LogP contribution in [0.5, 0.6) is 0 Å². The number of esters is 1. The summed E-state index contributed by atoms with van der Waals surface area (Å²) in [5.74, 6) is -0.774. The van der Waals surface area contributed by atoms with E-state index in [0.29, 0.717) is 26.3 Å². The van der Waals surface area contributed by atoms with E-state index in [-0.39, 0.29) is 5.91 Å². The molecule has 0 aliphatic carbocycles. The number of hydrogen-bond acceptors (Lipinski definition) is 3. The molecule has 0 aliphatic rings. The van der Waals surface area contributed by atoms with Crippen LogP contribution in [0.2, 0.25) is 5.02 Å². The minimum Gasteiger partial charge on any atom is -0.465 e. The number of carbonyl (C=O) groups excluding carboxylic acids is 2. The summed E-state index contributed by atoms with van der Waals surface area (Å²) in [5.41, 5.74) is 1.29. The number of methoxy groups -OCH3 is 1. The van der Waals surface area contributed by atoms with Crippen LogP contribution in [0.3, 0.4) is 0 Å². The molecule has 0 bridgehead atoms. The first-order valence-electron chi connectivity index (χ1n) is 5.96. The van der Waals surface area contributed by atoms with Crippen molar-refractivity contribution in [3.63, 3.8) is 0 Å². The third-order valence-electron chi connectivity index (χ3n) is 2.72. The van der Waals surface area contributed by atoms with Crippen LogP contribution in [-0.4, -0.2) is 19.0 Å². The van der Waals surface area contributed by atoms with E-state index in [4.69, 9.17) is 11.6 Å². The van der Waals surface area contributed by atoms with Crippen molar-refractivity contribution in [3.05, 3.63) is 63.1 Å². The maximum Gasteiger partial charge on any atom is 0.337 e. The molecule has 2 rings (SSSR count). The molecule has 1 N–H and O–H groups in total. The fourth-order valence-electron chi connectivity index (χ4n) is 1.68. The maximum atomic E-state index is 12.1. The average Bonchev–Trinajstić information content (AvgIpc) is 2.49. The zero-order chi connectivity index (χ0) is 15.4. The predicted octanol–water partition coefficient (Wildman–Crippen LogP) is 4.14. The first-order chi connectivity index (χ1) is 10.0. The molecule has 1 amide bonds. The van der Waals surface area contributed by atoms with Gasteiger partial charge >= 0.3 is 5.97 Å². The molecule has 2 aromatic rings. The van der Waals surface area contributed by atoms with Crippen LogP contribution in [0, 0.1) is 0 Å². The minimum atomic E-state index is -0.460. The summed E-state index contributed by atoms with van der Waals surface area (Å²) < 4.78 is 5.35. The SMILES string of the molecule is COC(=O)c1cccc(NC(=O)c2ccc(Br)c(Cl)c2)c1.